The van der Waals surface area contributed by atoms with E-state index in [0.29, 0.717) is 17.1 Å². The molecule has 0 atom stereocenters. The van der Waals surface area contributed by atoms with Crippen LogP contribution in [-0.4, -0.2) is 30.7 Å². The van der Waals surface area contributed by atoms with Crippen LogP contribution in [0.3, 0.4) is 0 Å². The van der Waals surface area contributed by atoms with Crippen molar-refractivity contribution in [2.75, 3.05) is 0 Å². The minimum absolute atomic E-state index is 0.102. The molecule has 2 aromatic heterocycles. The number of rotatable bonds is 2. The van der Waals surface area contributed by atoms with Crippen molar-refractivity contribution in [3.05, 3.63) is 30.0 Å². The zero-order valence-corrected chi connectivity index (χ0v) is 9.45. The third kappa shape index (κ3) is 1.71. The van der Waals surface area contributed by atoms with Crippen LogP contribution in [0.25, 0.3) is 23.0 Å². The summed E-state index contributed by atoms with van der Waals surface area (Å²) in [4.78, 5) is 4.15. The van der Waals surface area contributed by atoms with E-state index in [1.165, 1.54) is 6.20 Å². The van der Waals surface area contributed by atoms with Crippen molar-refractivity contribution in [3.63, 3.8) is 0 Å². The maximum Gasteiger partial charge on any atom is 0.262 e. The zero-order chi connectivity index (χ0) is 12.5. The van der Waals surface area contributed by atoms with Gasteiger partial charge in [0.15, 0.2) is 5.69 Å². The molecule has 90 valence electrons. The van der Waals surface area contributed by atoms with Crippen molar-refractivity contribution < 1.29 is 9.63 Å². The lowest BCUT2D eigenvalue weighted by Gasteiger charge is -1.99. The van der Waals surface area contributed by atoms with Crippen LogP contribution in [-0.2, 0) is 0 Å². The maximum absolute atomic E-state index is 9.82. The van der Waals surface area contributed by atoms with Crippen LogP contribution in [0.1, 0.15) is 5.56 Å². The lowest BCUT2D eigenvalue weighted by atomic mass is 10.1. The summed E-state index contributed by atoms with van der Waals surface area (Å²) in [6, 6.07) is 5.22. The van der Waals surface area contributed by atoms with Crippen LogP contribution >= 0.6 is 0 Å². The molecule has 0 saturated carbocycles. The normalized spacial score (nSPS) is 10.7. The van der Waals surface area contributed by atoms with Crippen LogP contribution in [0.5, 0.6) is 5.75 Å². The van der Waals surface area contributed by atoms with Gasteiger partial charge in [-0.1, -0.05) is 11.2 Å². The number of aromatic nitrogens is 5. The Hall–Kier alpha value is -2.70. The molecule has 7 nitrogen and oxygen atoms in total. The molecule has 0 spiro atoms. The fraction of sp³-hybridized carbons (Fsp3) is 0.0909. The Morgan fingerprint density at radius 2 is 2.22 bits per heavy atom. The number of aromatic amines is 1. The predicted molar refractivity (Wildman–Crippen MR) is 61.5 cm³/mol. The molecule has 0 aliphatic heterocycles. The van der Waals surface area contributed by atoms with Crippen LogP contribution < -0.4 is 0 Å². The fourth-order valence-electron chi connectivity index (χ4n) is 1.57. The molecule has 0 unspecified atom stereocenters. The third-order valence-corrected chi connectivity index (χ3v) is 2.45. The van der Waals surface area contributed by atoms with Crippen molar-refractivity contribution in [2.24, 2.45) is 0 Å². The van der Waals surface area contributed by atoms with Crippen LogP contribution in [0.15, 0.2) is 28.9 Å². The van der Waals surface area contributed by atoms with E-state index < -0.39 is 0 Å². The highest BCUT2D eigenvalue weighted by molar-refractivity contribution is 5.64. The summed E-state index contributed by atoms with van der Waals surface area (Å²) in [5, 5.41) is 23.6. The molecule has 7 heteroatoms. The van der Waals surface area contributed by atoms with Crippen molar-refractivity contribution in [1.82, 2.24) is 25.6 Å². The lowest BCUT2D eigenvalue weighted by Crippen LogP contribution is -1.83. The zero-order valence-electron chi connectivity index (χ0n) is 9.45. The Balaban J connectivity index is 2.03. The van der Waals surface area contributed by atoms with Gasteiger partial charge in [-0.05, 0) is 24.6 Å². The molecular weight excluding hydrogens is 234 g/mol. The van der Waals surface area contributed by atoms with Crippen LogP contribution in [0, 0.1) is 6.92 Å². The average Bonchev–Trinajstić information content (AvgIpc) is 2.99. The number of nitrogens with one attached hydrogen (secondary N) is 1. The van der Waals surface area contributed by atoms with E-state index in [1.54, 1.807) is 12.1 Å². The topological polar surface area (TPSA) is 101 Å². The lowest BCUT2D eigenvalue weighted by molar-refractivity contribution is 0.425. The Kier molecular flexibility index (Phi) is 2.30. The van der Waals surface area contributed by atoms with Gasteiger partial charge in [-0.2, -0.15) is 20.4 Å². The molecular formula is C11H9N5O2. The van der Waals surface area contributed by atoms with Crippen LogP contribution in [0.4, 0.5) is 0 Å². The fourth-order valence-corrected chi connectivity index (χ4v) is 1.57. The monoisotopic (exact) mass is 243 g/mol. The van der Waals surface area contributed by atoms with E-state index in [4.69, 9.17) is 4.52 Å². The molecule has 0 fully saturated rings. The highest BCUT2D eigenvalue weighted by atomic mass is 16.5. The van der Waals surface area contributed by atoms with Crippen molar-refractivity contribution in [3.8, 4) is 28.7 Å². The Labute approximate surface area is 101 Å². The van der Waals surface area contributed by atoms with Gasteiger partial charge in [0.05, 0.1) is 11.8 Å². The summed E-state index contributed by atoms with van der Waals surface area (Å²) in [7, 11) is 0. The molecule has 3 rings (SSSR count). The van der Waals surface area contributed by atoms with Crippen molar-refractivity contribution >= 4 is 0 Å². The first kappa shape index (κ1) is 10.5. The smallest absolute Gasteiger partial charge is 0.262 e. The SMILES string of the molecule is Cc1ccc(-c2nc(-c3cn[nH]n3)no2)c(O)c1. The third-order valence-electron chi connectivity index (χ3n) is 2.45. The van der Waals surface area contributed by atoms with Gasteiger partial charge < -0.3 is 9.63 Å². The predicted octanol–water partition coefficient (Wildman–Crippen LogP) is 1.54. The number of phenols is 1. The molecule has 0 bridgehead atoms. The first-order chi connectivity index (χ1) is 8.74. The molecule has 0 saturated heterocycles. The second kappa shape index (κ2) is 3.95. The second-order valence-corrected chi connectivity index (χ2v) is 3.80. The van der Waals surface area contributed by atoms with Crippen molar-refractivity contribution in [1.29, 1.82) is 0 Å². The Bertz CT molecular complexity index is 675. The number of benzene rings is 1. The standard InChI is InChI=1S/C11H9N5O2/c1-6-2-3-7(9(17)4-6)11-13-10(15-18-11)8-5-12-16-14-8/h2-5,17H,1H3,(H,12,14,16). The summed E-state index contributed by atoms with van der Waals surface area (Å²) < 4.78 is 5.09. The number of aryl methyl sites for hydroxylation is 1. The van der Waals surface area contributed by atoms with E-state index in [0.717, 1.165) is 5.56 Å². The Morgan fingerprint density at radius 1 is 1.33 bits per heavy atom. The minimum Gasteiger partial charge on any atom is -0.507 e. The van der Waals surface area contributed by atoms with E-state index in [2.05, 4.69) is 25.6 Å². The molecule has 1 aromatic carbocycles. The van der Waals surface area contributed by atoms with E-state index in [9.17, 15) is 5.11 Å². The molecule has 18 heavy (non-hydrogen) atoms. The second-order valence-electron chi connectivity index (χ2n) is 3.80. The molecule has 0 amide bonds. The highest BCUT2D eigenvalue weighted by Gasteiger charge is 2.15. The van der Waals surface area contributed by atoms with E-state index >= 15 is 0 Å². The van der Waals surface area contributed by atoms with E-state index in [-0.39, 0.29) is 11.6 Å². The summed E-state index contributed by atoms with van der Waals surface area (Å²) >= 11 is 0. The Morgan fingerprint density at radius 3 is 2.94 bits per heavy atom. The molecule has 3 aromatic rings. The minimum atomic E-state index is 0.102. The quantitative estimate of drug-likeness (QED) is 0.707. The molecule has 0 radical (unpaired) electrons. The highest BCUT2D eigenvalue weighted by Crippen LogP contribution is 2.29. The molecule has 2 N–H and O–H groups in total. The van der Waals surface area contributed by atoms with Gasteiger partial charge in [-0.25, -0.2) is 0 Å². The number of hydrogen-bond donors (Lipinski definition) is 2. The summed E-state index contributed by atoms with van der Waals surface area (Å²) in [6.07, 6.45) is 1.49. The molecule has 2 heterocycles. The summed E-state index contributed by atoms with van der Waals surface area (Å²) in [5.41, 5.74) is 1.92. The number of H-pyrrole nitrogens is 1. The van der Waals surface area contributed by atoms with Gasteiger partial charge in [0.2, 0.25) is 5.82 Å². The number of nitrogens with zero attached hydrogens (tertiary/aromatic N) is 4. The summed E-state index contributed by atoms with van der Waals surface area (Å²) in [5.74, 6) is 0.662. The number of aromatic hydroxyl groups is 1. The van der Waals surface area contributed by atoms with Gasteiger partial charge in [-0.15, -0.1) is 0 Å². The number of hydrogen-bond acceptors (Lipinski definition) is 6. The van der Waals surface area contributed by atoms with Gasteiger partial charge in [0.1, 0.15) is 5.75 Å². The molecule has 0 aliphatic rings. The van der Waals surface area contributed by atoms with Gasteiger partial charge in [0.25, 0.3) is 5.89 Å². The first-order valence-electron chi connectivity index (χ1n) is 5.24. The first-order valence-corrected chi connectivity index (χ1v) is 5.24. The maximum atomic E-state index is 9.82. The van der Waals surface area contributed by atoms with Gasteiger partial charge in [0, 0.05) is 0 Å². The van der Waals surface area contributed by atoms with Crippen LogP contribution in [0.2, 0.25) is 0 Å². The number of phenolic OH excluding ortho intramolecular Hbond substituents is 1. The van der Waals surface area contributed by atoms with Gasteiger partial charge in [-0.3, -0.25) is 0 Å². The molecule has 0 aliphatic carbocycles. The largest absolute Gasteiger partial charge is 0.507 e. The summed E-state index contributed by atoms with van der Waals surface area (Å²) in [6.45, 7) is 1.89. The van der Waals surface area contributed by atoms with Crippen molar-refractivity contribution in [2.45, 2.75) is 6.92 Å². The van der Waals surface area contributed by atoms with E-state index in [1.807, 2.05) is 13.0 Å². The van der Waals surface area contributed by atoms with Gasteiger partial charge >= 0.3 is 0 Å². The average molecular weight is 243 g/mol.